The SMILES string of the molecule is CC(C)Oc1cccc(NCc2cn[nH]c2-c2ccc(C(F)(F)F)cc2)c1. The lowest BCUT2D eigenvalue weighted by Crippen LogP contribution is -2.06. The van der Waals surface area contributed by atoms with Crippen LogP contribution in [0.5, 0.6) is 5.75 Å². The van der Waals surface area contributed by atoms with Gasteiger partial charge in [-0.1, -0.05) is 18.2 Å². The molecular weight excluding hydrogens is 355 g/mol. The summed E-state index contributed by atoms with van der Waals surface area (Å²) in [4.78, 5) is 0. The number of alkyl halides is 3. The molecule has 0 amide bonds. The van der Waals surface area contributed by atoms with Crippen LogP contribution in [-0.2, 0) is 12.7 Å². The second-order valence-electron chi connectivity index (χ2n) is 6.39. The number of rotatable bonds is 6. The summed E-state index contributed by atoms with van der Waals surface area (Å²) in [5.41, 5.74) is 2.39. The van der Waals surface area contributed by atoms with Crippen LogP contribution in [0.3, 0.4) is 0 Å². The van der Waals surface area contributed by atoms with Crippen molar-refractivity contribution in [1.82, 2.24) is 10.2 Å². The molecule has 0 saturated heterocycles. The van der Waals surface area contributed by atoms with Crippen molar-refractivity contribution in [1.29, 1.82) is 0 Å². The van der Waals surface area contributed by atoms with Crippen molar-refractivity contribution in [3.8, 4) is 17.0 Å². The molecule has 2 N–H and O–H groups in total. The van der Waals surface area contributed by atoms with Crippen LogP contribution < -0.4 is 10.1 Å². The van der Waals surface area contributed by atoms with E-state index in [9.17, 15) is 13.2 Å². The van der Waals surface area contributed by atoms with Gasteiger partial charge >= 0.3 is 6.18 Å². The summed E-state index contributed by atoms with van der Waals surface area (Å²) in [6.45, 7) is 4.39. The molecule has 0 radical (unpaired) electrons. The van der Waals surface area contributed by atoms with E-state index in [-0.39, 0.29) is 6.10 Å². The zero-order valence-corrected chi connectivity index (χ0v) is 15.0. The number of H-pyrrole nitrogens is 1. The molecular formula is C20H20F3N3O. The average molecular weight is 375 g/mol. The molecule has 0 atom stereocenters. The monoisotopic (exact) mass is 375 g/mol. The van der Waals surface area contributed by atoms with Gasteiger partial charge in [0.15, 0.2) is 0 Å². The van der Waals surface area contributed by atoms with Crippen molar-refractivity contribution in [2.45, 2.75) is 32.7 Å². The Morgan fingerprint density at radius 3 is 2.52 bits per heavy atom. The molecule has 7 heteroatoms. The minimum absolute atomic E-state index is 0.0837. The topological polar surface area (TPSA) is 49.9 Å². The Morgan fingerprint density at radius 1 is 1.11 bits per heavy atom. The third-order valence-electron chi connectivity index (χ3n) is 3.91. The zero-order valence-electron chi connectivity index (χ0n) is 15.0. The molecule has 0 aliphatic heterocycles. The molecule has 0 bridgehead atoms. The van der Waals surface area contributed by atoms with Gasteiger partial charge in [0.2, 0.25) is 0 Å². The lowest BCUT2D eigenvalue weighted by molar-refractivity contribution is -0.137. The summed E-state index contributed by atoms with van der Waals surface area (Å²) in [6, 6.07) is 12.6. The van der Waals surface area contributed by atoms with E-state index in [1.807, 2.05) is 38.1 Å². The molecule has 142 valence electrons. The quantitative estimate of drug-likeness (QED) is 0.599. The molecule has 3 aromatic rings. The lowest BCUT2D eigenvalue weighted by Gasteiger charge is -2.12. The Labute approximate surface area is 155 Å². The Bertz CT molecular complexity index is 886. The van der Waals surface area contributed by atoms with E-state index in [1.54, 1.807) is 6.20 Å². The number of nitrogens with zero attached hydrogens (tertiary/aromatic N) is 1. The fourth-order valence-electron chi connectivity index (χ4n) is 2.67. The van der Waals surface area contributed by atoms with Gasteiger partial charge < -0.3 is 10.1 Å². The molecule has 0 saturated carbocycles. The van der Waals surface area contributed by atoms with Crippen LogP contribution >= 0.6 is 0 Å². The van der Waals surface area contributed by atoms with E-state index in [4.69, 9.17) is 4.74 Å². The standard InChI is InChI=1S/C20H20F3N3O/c1-13(2)27-18-5-3-4-17(10-18)24-11-15-12-25-26-19(15)14-6-8-16(9-7-14)20(21,22)23/h3-10,12-13,24H,11H2,1-2H3,(H,25,26). The molecule has 0 unspecified atom stereocenters. The lowest BCUT2D eigenvalue weighted by atomic mass is 10.1. The normalized spacial score (nSPS) is 11.6. The van der Waals surface area contributed by atoms with Crippen LogP contribution in [0.25, 0.3) is 11.3 Å². The van der Waals surface area contributed by atoms with E-state index in [1.165, 1.54) is 12.1 Å². The molecule has 1 heterocycles. The van der Waals surface area contributed by atoms with E-state index in [0.717, 1.165) is 29.1 Å². The molecule has 27 heavy (non-hydrogen) atoms. The minimum atomic E-state index is -4.35. The number of nitrogens with one attached hydrogen (secondary N) is 2. The van der Waals surface area contributed by atoms with Crippen LogP contribution in [0, 0.1) is 0 Å². The van der Waals surface area contributed by atoms with Crippen molar-refractivity contribution in [2.75, 3.05) is 5.32 Å². The van der Waals surface area contributed by atoms with Gasteiger partial charge in [0.1, 0.15) is 5.75 Å². The van der Waals surface area contributed by atoms with Gasteiger partial charge in [-0.15, -0.1) is 0 Å². The van der Waals surface area contributed by atoms with E-state index >= 15 is 0 Å². The summed E-state index contributed by atoms with van der Waals surface area (Å²) in [5, 5.41) is 10.2. The van der Waals surface area contributed by atoms with Crippen molar-refractivity contribution in [2.24, 2.45) is 0 Å². The first-order valence-electron chi connectivity index (χ1n) is 8.53. The Hall–Kier alpha value is -2.96. The third-order valence-corrected chi connectivity index (χ3v) is 3.91. The maximum absolute atomic E-state index is 12.7. The van der Waals surface area contributed by atoms with Crippen molar-refractivity contribution < 1.29 is 17.9 Å². The van der Waals surface area contributed by atoms with Gasteiger partial charge in [-0.3, -0.25) is 5.10 Å². The van der Waals surface area contributed by atoms with Crippen molar-refractivity contribution in [3.05, 3.63) is 65.9 Å². The highest BCUT2D eigenvalue weighted by molar-refractivity contribution is 5.63. The third kappa shape index (κ3) is 4.81. The summed E-state index contributed by atoms with van der Waals surface area (Å²) < 4.78 is 43.8. The first-order chi connectivity index (χ1) is 12.8. The number of halogens is 3. The molecule has 0 aliphatic rings. The summed E-state index contributed by atoms with van der Waals surface area (Å²) in [6.07, 6.45) is -2.60. The highest BCUT2D eigenvalue weighted by atomic mass is 19.4. The Kier molecular flexibility index (Phi) is 5.39. The minimum Gasteiger partial charge on any atom is -0.491 e. The van der Waals surface area contributed by atoms with Crippen LogP contribution in [0.4, 0.5) is 18.9 Å². The molecule has 1 aromatic heterocycles. The number of anilines is 1. The average Bonchev–Trinajstić information content (AvgIpc) is 3.08. The highest BCUT2D eigenvalue weighted by Crippen LogP contribution is 2.31. The van der Waals surface area contributed by atoms with Gasteiger partial charge in [0, 0.05) is 23.9 Å². The smallest absolute Gasteiger partial charge is 0.416 e. The summed E-state index contributed by atoms with van der Waals surface area (Å²) in [7, 11) is 0. The number of aromatic nitrogens is 2. The Morgan fingerprint density at radius 2 is 1.85 bits per heavy atom. The second-order valence-corrected chi connectivity index (χ2v) is 6.39. The van der Waals surface area contributed by atoms with Gasteiger partial charge in [0.05, 0.1) is 23.6 Å². The first-order valence-corrected chi connectivity index (χ1v) is 8.53. The predicted octanol–water partition coefficient (Wildman–Crippen LogP) is 5.49. The van der Waals surface area contributed by atoms with E-state index in [2.05, 4.69) is 15.5 Å². The van der Waals surface area contributed by atoms with Crippen LogP contribution in [-0.4, -0.2) is 16.3 Å². The van der Waals surface area contributed by atoms with Crippen molar-refractivity contribution >= 4 is 5.69 Å². The van der Waals surface area contributed by atoms with E-state index < -0.39 is 11.7 Å². The molecule has 3 rings (SSSR count). The zero-order chi connectivity index (χ0) is 19.4. The molecule has 0 aliphatic carbocycles. The highest BCUT2D eigenvalue weighted by Gasteiger charge is 2.30. The van der Waals surface area contributed by atoms with Gasteiger partial charge in [0.25, 0.3) is 0 Å². The van der Waals surface area contributed by atoms with Gasteiger partial charge in [-0.25, -0.2) is 0 Å². The number of ether oxygens (including phenoxy) is 1. The number of hydrogen-bond donors (Lipinski definition) is 2. The molecule has 0 fully saturated rings. The second kappa shape index (κ2) is 7.73. The summed E-state index contributed by atoms with van der Waals surface area (Å²) in [5.74, 6) is 0.769. The molecule has 4 nitrogen and oxygen atoms in total. The van der Waals surface area contributed by atoms with Crippen molar-refractivity contribution in [3.63, 3.8) is 0 Å². The maximum atomic E-state index is 12.7. The number of hydrogen-bond acceptors (Lipinski definition) is 3. The van der Waals surface area contributed by atoms with Crippen LogP contribution in [0.15, 0.2) is 54.7 Å². The number of aromatic amines is 1. The van der Waals surface area contributed by atoms with E-state index in [0.29, 0.717) is 17.8 Å². The largest absolute Gasteiger partial charge is 0.491 e. The first kappa shape index (κ1) is 18.8. The van der Waals surface area contributed by atoms with Crippen LogP contribution in [0.2, 0.25) is 0 Å². The fourth-order valence-corrected chi connectivity index (χ4v) is 2.67. The Balaban J connectivity index is 1.72. The number of benzene rings is 2. The molecule has 0 spiro atoms. The summed E-state index contributed by atoms with van der Waals surface area (Å²) >= 11 is 0. The molecule has 2 aromatic carbocycles. The maximum Gasteiger partial charge on any atom is 0.416 e. The predicted molar refractivity (Wildman–Crippen MR) is 98.6 cm³/mol. The fraction of sp³-hybridized carbons (Fsp3) is 0.250. The van der Waals surface area contributed by atoms with Crippen LogP contribution in [0.1, 0.15) is 25.0 Å². The van der Waals surface area contributed by atoms with Gasteiger partial charge in [-0.2, -0.15) is 18.3 Å². The van der Waals surface area contributed by atoms with Gasteiger partial charge in [-0.05, 0) is 43.7 Å².